The molecule has 0 fully saturated rings. The molecule has 0 aliphatic carbocycles. The Morgan fingerprint density at radius 1 is 1.28 bits per heavy atom. The lowest BCUT2D eigenvalue weighted by atomic mass is 10.2. The standard InChI is InChI=1S/C17H27BrN4O2.HI/c1-19-17(20-10-6-12-24-3)21-11-9-16(23)22(2)13-14-7-4-5-8-15(14)18;/h4-5,7-8H,6,9-13H2,1-3H3,(H2,19,20,21);1H. The first kappa shape index (κ1) is 24.1. The van der Waals surface area contributed by atoms with Crippen LogP contribution < -0.4 is 10.6 Å². The third kappa shape index (κ3) is 10.0. The fourth-order valence-electron chi connectivity index (χ4n) is 2.09. The van der Waals surface area contributed by atoms with Crippen LogP contribution in [0.25, 0.3) is 0 Å². The Hall–Kier alpha value is -0.870. The summed E-state index contributed by atoms with van der Waals surface area (Å²) in [6.07, 6.45) is 1.32. The number of guanidine groups is 1. The number of carbonyl (C=O) groups is 1. The Labute approximate surface area is 175 Å². The van der Waals surface area contributed by atoms with Crippen molar-refractivity contribution >= 4 is 51.8 Å². The third-order valence-corrected chi connectivity index (χ3v) is 4.24. The molecular weight excluding hydrogens is 499 g/mol. The zero-order chi connectivity index (χ0) is 17.8. The molecule has 0 aliphatic heterocycles. The number of rotatable bonds is 9. The quantitative estimate of drug-likeness (QED) is 0.225. The van der Waals surface area contributed by atoms with E-state index in [1.807, 2.05) is 31.3 Å². The van der Waals surface area contributed by atoms with Crippen LogP contribution in [-0.4, -0.2) is 57.7 Å². The minimum atomic E-state index is 0. The molecule has 1 amide bonds. The van der Waals surface area contributed by atoms with Crippen LogP contribution >= 0.6 is 39.9 Å². The van der Waals surface area contributed by atoms with Crippen molar-refractivity contribution in [2.24, 2.45) is 4.99 Å². The lowest BCUT2D eigenvalue weighted by Gasteiger charge is -2.19. The maximum atomic E-state index is 12.2. The molecule has 1 rings (SSSR count). The Kier molecular flexibility index (Phi) is 13.8. The topological polar surface area (TPSA) is 66.0 Å². The second kappa shape index (κ2) is 14.3. The Bertz CT molecular complexity index is 543. The van der Waals surface area contributed by atoms with E-state index >= 15 is 0 Å². The van der Waals surface area contributed by atoms with Crippen LogP contribution in [0, 0.1) is 0 Å². The van der Waals surface area contributed by atoms with E-state index in [1.54, 1.807) is 19.1 Å². The number of carbonyl (C=O) groups excluding carboxylic acids is 1. The van der Waals surface area contributed by atoms with Crippen molar-refractivity contribution < 1.29 is 9.53 Å². The van der Waals surface area contributed by atoms with Crippen molar-refractivity contribution in [2.45, 2.75) is 19.4 Å². The number of methoxy groups -OCH3 is 1. The van der Waals surface area contributed by atoms with Crippen molar-refractivity contribution in [3.63, 3.8) is 0 Å². The summed E-state index contributed by atoms with van der Waals surface area (Å²) in [7, 11) is 5.22. The summed E-state index contributed by atoms with van der Waals surface area (Å²) in [5, 5.41) is 6.33. The highest BCUT2D eigenvalue weighted by Gasteiger charge is 2.10. The smallest absolute Gasteiger partial charge is 0.224 e. The second-order valence-electron chi connectivity index (χ2n) is 5.36. The van der Waals surface area contributed by atoms with Gasteiger partial charge in [0.2, 0.25) is 5.91 Å². The van der Waals surface area contributed by atoms with E-state index in [2.05, 4.69) is 31.6 Å². The highest BCUT2D eigenvalue weighted by molar-refractivity contribution is 14.0. The summed E-state index contributed by atoms with van der Waals surface area (Å²) < 4.78 is 6.02. The van der Waals surface area contributed by atoms with E-state index in [-0.39, 0.29) is 29.9 Å². The van der Waals surface area contributed by atoms with Gasteiger partial charge in [0.05, 0.1) is 0 Å². The van der Waals surface area contributed by atoms with Gasteiger partial charge < -0.3 is 20.3 Å². The van der Waals surface area contributed by atoms with Gasteiger partial charge in [-0.25, -0.2) is 0 Å². The largest absolute Gasteiger partial charge is 0.385 e. The fourth-order valence-corrected chi connectivity index (χ4v) is 2.50. The molecule has 0 unspecified atom stereocenters. The molecule has 0 saturated carbocycles. The van der Waals surface area contributed by atoms with Crippen molar-refractivity contribution in [1.29, 1.82) is 0 Å². The average molecular weight is 527 g/mol. The summed E-state index contributed by atoms with van der Waals surface area (Å²) in [5.74, 6) is 0.792. The van der Waals surface area contributed by atoms with E-state index in [0.717, 1.165) is 23.0 Å². The molecule has 0 atom stereocenters. The van der Waals surface area contributed by atoms with E-state index in [0.29, 0.717) is 32.1 Å². The van der Waals surface area contributed by atoms with E-state index in [9.17, 15) is 4.79 Å². The molecule has 0 bridgehead atoms. The Balaban J connectivity index is 0.00000576. The molecule has 2 N–H and O–H groups in total. The van der Waals surface area contributed by atoms with Crippen molar-refractivity contribution in [2.75, 3.05) is 40.9 Å². The summed E-state index contributed by atoms with van der Waals surface area (Å²) in [4.78, 5) is 18.1. The van der Waals surface area contributed by atoms with Crippen LogP contribution in [0.2, 0.25) is 0 Å². The van der Waals surface area contributed by atoms with Crippen LogP contribution in [0.5, 0.6) is 0 Å². The molecule has 0 aliphatic rings. The maximum Gasteiger partial charge on any atom is 0.224 e. The van der Waals surface area contributed by atoms with Crippen LogP contribution in [0.15, 0.2) is 33.7 Å². The van der Waals surface area contributed by atoms with Crippen LogP contribution in [0.4, 0.5) is 0 Å². The van der Waals surface area contributed by atoms with E-state index in [1.165, 1.54) is 0 Å². The van der Waals surface area contributed by atoms with Crippen LogP contribution in [0.1, 0.15) is 18.4 Å². The molecular formula is C17H28BrIN4O2. The molecule has 0 saturated heterocycles. The highest BCUT2D eigenvalue weighted by Crippen LogP contribution is 2.17. The number of benzene rings is 1. The van der Waals surface area contributed by atoms with Gasteiger partial charge in [-0.2, -0.15) is 0 Å². The zero-order valence-electron chi connectivity index (χ0n) is 15.0. The van der Waals surface area contributed by atoms with Crippen LogP contribution in [0.3, 0.4) is 0 Å². The van der Waals surface area contributed by atoms with Gasteiger partial charge in [0.1, 0.15) is 0 Å². The number of nitrogens with one attached hydrogen (secondary N) is 2. The van der Waals surface area contributed by atoms with Gasteiger partial charge in [-0.05, 0) is 18.1 Å². The highest BCUT2D eigenvalue weighted by atomic mass is 127. The van der Waals surface area contributed by atoms with Crippen molar-refractivity contribution in [3.8, 4) is 0 Å². The summed E-state index contributed by atoms with van der Waals surface area (Å²) >= 11 is 3.51. The monoisotopic (exact) mass is 526 g/mol. The number of halogens is 2. The van der Waals surface area contributed by atoms with Gasteiger partial charge >= 0.3 is 0 Å². The van der Waals surface area contributed by atoms with Gasteiger partial charge in [0.25, 0.3) is 0 Å². The fraction of sp³-hybridized carbons (Fsp3) is 0.529. The third-order valence-electron chi connectivity index (χ3n) is 3.46. The number of hydrogen-bond acceptors (Lipinski definition) is 3. The maximum absolute atomic E-state index is 12.2. The number of hydrogen-bond donors (Lipinski definition) is 2. The van der Waals surface area contributed by atoms with Crippen molar-refractivity contribution in [1.82, 2.24) is 15.5 Å². The minimum Gasteiger partial charge on any atom is -0.385 e. The molecule has 1 aromatic carbocycles. The normalized spacial score (nSPS) is 10.8. The summed E-state index contributed by atoms with van der Waals surface area (Å²) in [6.45, 7) is 2.62. The molecule has 6 nitrogen and oxygen atoms in total. The number of ether oxygens (including phenoxy) is 1. The molecule has 25 heavy (non-hydrogen) atoms. The summed E-state index contributed by atoms with van der Waals surface area (Å²) in [5.41, 5.74) is 1.09. The van der Waals surface area contributed by atoms with E-state index < -0.39 is 0 Å². The van der Waals surface area contributed by atoms with Crippen molar-refractivity contribution in [3.05, 3.63) is 34.3 Å². The lowest BCUT2D eigenvalue weighted by Crippen LogP contribution is -2.40. The second-order valence-corrected chi connectivity index (χ2v) is 6.22. The van der Waals surface area contributed by atoms with Gasteiger partial charge in [-0.15, -0.1) is 24.0 Å². The van der Waals surface area contributed by atoms with Gasteiger partial charge in [-0.3, -0.25) is 9.79 Å². The molecule has 0 spiro atoms. The Morgan fingerprint density at radius 2 is 1.96 bits per heavy atom. The number of nitrogens with zero attached hydrogens (tertiary/aromatic N) is 2. The first-order valence-corrected chi connectivity index (χ1v) is 8.78. The molecule has 0 aromatic heterocycles. The summed E-state index contributed by atoms with van der Waals surface area (Å²) in [6, 6.07) is 7.93. The van der Waals surface area contributed by atoms with Gasteiger partial charge in [0, 0.05) is 58.3 Å². The SMILES string of the molecule is CN=C(NCCCOC)NCCC(=O)N(C)Cc1ccccc1Br.I. The predicted octanol–water partition coefficient (Wildman–Crippen LogP) is 2.62. The number of amides is 1. The predicted molar refractivity (Wildman–Crippen MR) is 117 cm³/mol. The van der Waals surface area contributed by atoms with E-state index in [4.69, 9.17) is 4.74 Å². The first-order valence-electron chi connectivity index (χ1n) is 7.99. The lowest BCUT2D eigenvalue weighted by molar-refractivity contribution is -0.130. The first-order chi connectivity index (χ1) is 11.6. The average Bonchev–Trinajstić information content (AvgIpc) is 2.58. The molecule has 0 radical (unpaired) electrons. The molecule has 0 heterocycles. The molecule has 142 valence electrons. The number of aliphatic imine (C=N–C) groups is 1. The minimum absolute atomic E-state index is 0. The molecule has 8 heteroatoms. The van der Waals surface area contributed by atoms with Crippen LogP contribution in [-0.2, 0) is 16.1 Å². The van der Waals surface area contributed by atoms with Gasteiger partial charge in [0.15, 0.2) is 5.96 Å². The zero-order valence-corrected chi connectivity index (χ0v) is 19.0. The molecule has 1 aromatic rings. The Morgan fingerprint density at radius 3 is 2.60 bits per heavy atom. The van der Waals surface area contributed by atoms with Gasteiger partial charge in [-0.1, -0.05) is 34.1 Å².